The van der Waals surface area contributed by atoms with Crippen molar-refractivity contribution in [3.05, 3.63) is 59.4 Å². The zero-order chi connectivity index (χ0) is 19.6. The Bertz CT molecular complexity index is 951. The standard InChI is InChI=1S/C20H23FN2O3S/c1-14-8-10-23(11-9-14)27(25,26)18-7-6-15(2)19(13-18)20(24)22-17-5-3-4-16(21)12-17/h3-7,12-14H,8-11H2,1-2H3,(H,22,24). The van der Waals surface area contributed by atoms with Gasteiger partial charge >= 0.3 is 0 Å². The van der Waals surface area contributed by atoms with E-state index in [9.17, 15) is 17.6 Å². The number of nitrogens with zero attached hydrogens (tertiary/aromatic N) is 1. The topological polar surface area (TPSA) is 66.5 Å². The van der Waals surface area contributed by atoms with E-state index < -0.39 is 21.7 Å². The Kier molecular flexibility index (Phi) is 5.62. The molecular formula is C20H23FN2O3S. The van der Waals surface area contributed by atoms with Crippen LogP contribution in [0.2, 0.25) is 0 Å². The van der Waals surface area contributed by atoms with Gasteiger partial charge in [-0.3, -0.25) is 4.79 Å². The van der Waals surface area contributed by atoms with E-state index in [4.69, 9.17) is 0 Å². The molecule has 2 aromatic carbocycles. The maximum Gasteiger partial charge on any atom is 0.255 e. The van der Waals surface area contributed by atoms with Gasteiger partial charge in [0.1, 0.15) is 5.82 Å². The van der Waals surface area contributed by atoms with Gasteiger partial charge in [-0.2, -0.15) is 4.31 Å². The number of sulfonamides is 1. The van der Waals surface area contributed by atoms with Crippen LogP contribution in [0.5, 0.6) is 0 Å². The zero-order valence-corrected chi connectivity index (χ0v) is 16.2. The summed E-state index contributed by atoms with van der Waals surface area (Å²) in [6.45, 7) is 4.83. The Morgan fingerprint density at radius 3 is 2.52 bits per heavy atom. The van der Waals surface area contributed by atoms with Crippen LogP contribution in [0.1, 0.15) is 35.7 Å². The largest absolute Gasteiger partial charge is 0.322 e. The van der Waals surface area contributed by atoms with Crippen LogP contribution < -0.4 is 5.32 Å². The summed E-state index contributed by atoms with van der Waals surface area (Å²) in [5, 5.41) is 2.62. The normalized spacial score (nSPS) is 16.3. The summed E-state index contributed by atoms with van der Waals surface area (Å²) in [6.07, 6.45) is 1.66. The van der Waals surface area contributed by atoms with Crippen molar-refractivity contribution in [1.29, 1.82) is 0 Å². The zero-order valence-electron chi connectivity index (χ0n) is 15.4. The molecule has 1 amide bonds. The summed E-state index contributed by atoms with van der Waals surface area (Å²) in [5.74, 6) is -0.412. The van der Waals surface area contributed by atoms with E-state index in [0.29, 0.717) is 30.3 Å². The van der Waals surface area contributed by atoms with Gasteiger partial charge in [-0.25, -0.2) is 12.8 Å². The van der Waals surface area contributed by atoms with Crippen molar-refractivity contribution in [2.75, 3.05) is 18.4 Å². The number of carbonyl (C=O) groups excluding carboxylic acids is 1. The molecule has 3 rings (SSSR count). The van der Waals surface area contributed by atoms with Crippen molar-refractivity contribution in [3.63, 3.8) is 0 Å². The number of nitrogens with one attached hydrogen (secondary N) is 1. The summed E-state index contributed by atoms with van der Waals surface area (Å²) >= 11 is 0. The maximum absolute atomic E-state index is 13.3. The Morgan fingerprint density at radius 2 is 1.85 bits per heavy atom. The molecule has 144 valence electrons. The van der Waals surface area contributed by atoms with Crippen molar-refractivity contribution >= 4 is 21.6 Å². The van der Waals surface area contributed by atoms with Gasteiger partial charge in [0.05, 0.1) is 4.90 Å². The lowest BCUT2D eigenvalue weighted by molar-refractivity contribution is 0.102. The molecule has 1 fully saturated rings. The molecule has 0 aliphatic carbocycles. The van der Waals surface area contributed by atoms with Crippen molar-refractivity contribution in [3.8, 4) is 0 Å². The fourth-order valence-electron chi connectivity index (χ4n) is 3.15. The molecule has 0 spiro atoms. The van der Waals surface area contributed by atoms with E-state index in [2.05, 4.69) is 12.2 Å². The second-order valence-electron chi connectivity index (χ2n) is 7.03. The van der Waals surface area contributed by atoms with Gasteiger partial charge in [-0.15, -0.1) is 0 Å². The first-order valence-corrected chi connectivity index (χ1v) is 10.4. The smallest absolute Gasteiger partial charge is 0.255 e. The van der Waals surface area contributed by atoms with Crippen molar-refractivity contribution in [1.82, 2.24) is 4.31 Å². The van der Waals surface area contributed by atoms with Crippen LogP contribution in [0.4, 0.5) is 10.1 Å². The van der Waals surface area contributed by atoms with Crippen LogP contribution in [0, 0.1) is 18.7 Å². The van der Waals surface area contributed by atoms with Gasteiger partial charge in [0.2, 0.25) is 10.0 Å². The van der Waals surface area contributed by atoms with Gasteiger partial charge in [0.25, 0.3) is 5.91 Å². The predicted octanol–water partition coefficient (Wildman–Crippen LogP) is 3.81. The molecular weight excluding hydrogens is 367 g/mol. The molecule has 7 heteroatoms. The highest BCUT2D eigenvalue weighted by Gasteiger charge is 2.28. The third-order valence-electron chi connectivity index (χ3n) is 4.92. The first-order chi connectivity index (χ1) is 12.8. The van der Waals surface area contributed by atoms with E-state index in [1.54, 1.807) is 19.1 Å². The Hall–Kier alpha value is -2.25. The summed E-state index contributed by atoms with van der Waals surface area (Å²) in [7, 11) is -3.64. The number of carbonyl (C=O) groups is 1. The highest BCUT2D eigenvalue weighted by atomic mass is 32.2. The molecule has 0 radical (unpaired) electrons. The molecule has 0 aromatic heterocycles. The quantitative estimate of drug-likeness (QED) is 0.863. The van der Waals surface area contributed by atoms with Crippen LogP contribution in [0.25, 0.3) is 0 Å². The van der Waals surface area contributed by atoms with E-state index >= 15 is 0 Å². The van der Waals surface area contributed by atoms with Gasteiger partial charge in [0, 0.05) is 24.3 Å². The number of hydrogen-bond acceptors (Lipinski definition) is 3. The highest BCUT2D eigenvalue weighted by Crippen LogP contribution is 2.25. The molecule has 1 saturated heterocycles. The Morgan fingerprint density at radius 1 is 1.15 bits per heavy atom. The number of benzene rings is 2. The first kappa shape index (κ1) is 19.5. The number of piperidine rings is 1. The maximum atomic E-state index is 13.3. The Labute approximate surface area is 159 Å². The summed E-state index contributed by atoms with van der Waals surface area (Å²) in [4.78, 5) is 12.7. The second kappa shape index (κ2) is 7.78. The van der Waals surface area contributed by atoms with E-state index in [-0.39, 0.29) is 10.5 Å². The molecule has 0 atom stereocenters. The first-order valence-electron chi connectivity index (χ1n) is 8.95. The lowest BCUT2D eigenvalue weighted by Gasteiger charge is -2.29. The van der Waals surface area contributed by atoms with Gasteiger partial charge in [-0.05, 0) is 61.6 Å². The van der Waals surface area contributed by atoms with Crippen LogP contribution >= 0.6 is 0 Å². The van der Waals surface area contributed by atoms with Gasteiger partial charge in [0.15, 0.2) is 0 Å². The third-order valence-corrected chi connectivity index (χ3v) is 6.81. The number of hydrogen-bond donors (Lipinski definition) is 1. The minimum Gasteiger partial charge on any atom is -0.322 e. The molecule has 2 aromatic rings. The monoisotopic (exact) mass is 390 g/mol. The fraction of sp³-hybridized carbons (Fsp3) is 0.350. The van der Waals surface area contributed by atoms with E-state index in [0.717, 1.165) is 12.8 Å². The molecule has 0 unspecified atom stereocenters. The van der Waals surface area contributed by atoms with E-state index in [1.807, 2.05) is 0 Å². The van der Waals surface area contributed by atoms with Crippen molar-refractivity contribution < 1.29 is 17.6 Å². The molecule has 1 N–H and O–H groups in total. The molecule has 27 heavy (non-hydrogen) atoms. The van der Waals surface area contributed by atoms with Crippen LogP contribution in [-0.2, 0) is 10.0 Å². The predicted molar refractivity (Wildman–Crippen MR) is 103 cm³/mol. The highest BCUT2D eigenvalue weighted by molar-refractivity contribution is 7.89. The molecule has 0 bridgehead atoms. The summed E-state index contributed by atoms with van der Waals surface area (Å²) in [6, 6.07) is 10.1. The number of amides is 1. The van der Waals surface area contributed by atoms with Gasteiger partial charge in [-0.1, -0.05) is 19.1 Å². The van der Waals surface area contributed by atoms with Crippen molar-refractivity contribution in [2.24, 2.45) is 5.92 Å². The van der Waals surface area contributed by atoms with Crippen LogP contribution in [0.3, 0.4) is 0 Å². The van der Waals surface area contributed by atoms with E-state index in [1.165, 1.54) is 34.6 Å². The number of rotatable bonds is 4. The molecule has 0 saturated carbocycles. The third kappa shape index (κ3) is 4.36. The average Bonchev–Trinajstić information content (AvgIpc) is 2.62. The molecule has 1 aliphatic rings. The summed E-state index contributed by atoms with van der Waals surface area (Å²) in [5.41, 5.74) is 1.22. The number of aryl methyl sites for hydroxylation is 1. The summed E-state index contributed by atoms with van der Waals surface area (Å²) < 4.78 is 40.7. The molecule has 1 aliphatic heterocycles. The average molecular weight is 390 g/mol. The van der Waals surface area contributed by atoms with Gasteiger partial charge < -0.3 is 5.32 Å². The Balaban J connectivity index is 1.86. The van der Waals surface area contributed by atoms with Crippen LogP contribution in [-0.4, -0.2) is 31.7 Å². The van der Waals surface area contributed by atoms with Crippen molar-refractivity contribution in [2.45, 2.75) is 31.6 Å². The SMILES string of the molecule is Cc1ccc(S(=O)(=O)N2CCC(C)CC2)cc1C(=O)Nc1cccc(F)c1. The number of anilines is 1. The minimum absolute atomic E-state index is 0.104. The lowest BCUT2D eigenvalue weighted by atomic mass is 10.0. The second-order valence-corrected chi connectivity index (χ2v) is 8.97. The van der Waals surface area contributed by atoms with Crippen LogP contribution in [0.15, 0.2) is 47.4 Å². The fourth-order valence-corrected chi connectivity index (χ4v) is 4.64. The number of halogens is 1. The molecule has 5 nitrogen and oxygen atoms in total. The minimum atomic E-state index is -3.64. The lowest BCUT2D eigenvalue weighted by Crippen LogP contribution is -2.38. The molecule has 1 heterocycles.